The lowest BCUT2D eigenvalue weighted by molar-refractivity contribution is -0.147. The summed E-state index contributed by atoms with van der Waals surface area (Å²) >= 11 is 0. The molecule has 1 aliphatic carbocycles. The molecule has 2 unspecified atom stereocenters. The van der Waals surface area contributed by atoms with E-state index >= 15 is 0 Å². The van der Waals surface area contributed by atoms with Gasteiger partial charge in [0.25, 0.3) is 5.91 Å². The van der Waals surface area contributed by atoms with Crippen LogP contribution in [0.2, 0.25) is 0 Å². The highest BCUT2D eigenvalue weighted by molar-refractivity contribution is 5.82. The summed E-state index contributed by atoms with van der Waals surface area (Å²) in [4.78, 5) is 39.6. The summed E-state index contributed by atoms with van der Waals surface area (Å²) in [6.07, 6.45) is 3.48. The average Bonchev–Trinajstić information content (AvgIpc) is 3.43. The molecule has 2 saturated heterocycles. The fourth-order valence-corrected chi connectivity index (χ4v) is 4.79. The van der Waals surface area contributed by atoms with E-state index in [1.807, 2.05) is 0 Å². The summed E-state index contributed by atoms with van der Waals surface area (Å²) in [6, 6.07) is 0.0793. The minimum Gasteiger partial charge on any atom is -0.445 e. The van der Waals surface area contributed by atoms with E-state index in [1.165, 1.54) is 10.9 Å². The number of amides is 2. The van der Waals surface area contributed by atoms with Crippen LogP contribution in [0.5, 0.6) is 0 Å². The number of aromatic nitrogens is 4. The van der Waals surface area contributed by atoms with E-state index in [4.69, 9.17) is 15.2 Å². The Morgan fingerprint density at radius 1 is 1.23 bits per heavy atom. The third-order valence-electron chi connectivity index (χ3n) is 7.35. The van der Waals surface area contributed by atoms with Crippen LogP contribution in [-0.4, -0.2) is 104 Å². The quantitative estimate of drug-likeness (QED) is 0.246. The van der Waals surface area contributed by atoms with E-state index < -0.39 is 24.7 Å². The van der Waals surface area contributed by atoms with Crippen molar-refractivity contribution >= 4 is 29.0 Å². The Morgan fingerprint density at radius 2 is 2.02 bits per heavy atom. The number of carbonyl (C=O) groups is 2. The van der Waals surface area contributed by atoms with Crippen LogP contribution in [0.15, 0.2) is 6.33 Å². The van der Waals surface area contributed by atoms with Gasteiger partial charge in [-0.3, -0.25) is 9.36 Å². The van der Waals surface area contributed by atoms with Gasteiger partial charge >= 0.3 is 6.09 Å². The van der Waals surface area contributed by atoms with Gasteiger partial charge in [0.2, 0.25) is 5.82 Å². The first-order chi connectivity index (χ1) is 19.4. The molecule has 2 aromatic rings. The van der Waals surface area contributed by atoms with Gasteiger partial charge in [0.05, 0.1) is 12.9 Å². The number of imidazole rings is 1. The third-order valence-corrected chi connectivity index (χ3v) is 7.35. The van der Waals surface area contributed by atoms with E-state index in [0.717, 1.165) is 45.2 Å². The van der Waals surface area contributed by atoms with E-state index in [1.54, 1.807) is 4.90 Å². The fourth-order valence-electron chi connectivity index (χ4n) is 4.79. The topological polar surface area (TPSA) is 190 Å². The molecule has 216 valence electrons. The lowest BCUT2D eigenvalue weighted by Gasteiger charge is -2.31. The van der Waals surface area contributed by atoms with Crippen LogP contribution in [0.3, 0.4) is 0 Å². The van der Waals surface area contributed by atoms with E-state index in [-0.39, 0.29) is 36.6 Å². The number of carbonyl (C=O) groups excluding carboxylic acids is 2. The fraction of sp³-hybridized carbons (Fsp3) is 0.654. The molecule has 1 saturated carbocycles. The number of nitrogens with one attached hydrogen (secondary N) is 2. The monoisotopic (exact) mass is 556 g/mol. The van der Waals surface area contributed by atoms with E-state index in [2.05, 4.69) is 37.4 Å². The zero-order valence-electron chi connectivity index (χ0n) is 22.3. The highest BCUT2D eigenvalue weighted by Crippen LogP contribution is 2.22. The summed E-state index contributed by atoms with van der Waals surface area (Å²) in [7, 11) is 0. The van der Waals surface area contributed by atoms with Crippen LogP contribution in [0.1, 0.15) is 44.3 Å². The minimum absolute atomic E-state index is 0.0379. The molecule has 3 atom stereocenters. The maximum absolute atomic E-state index is 12.5. The number of aliphatic hydroxyl groups is 2. The number of ether oxygens (including phenoxy) is 2. The van der Waals surface area contributed by atoms with E-state index in [9.17, 15) is 19.8 Å². The van der Waals surface area contributed by atoms with Crippen LogP contribution in [-0.2, 0) is 21.0 Å². The number of piperidine rings is 1. The average molecular weight is 557 g/mol. The summed E-state index contributed by atoms with van der Waals surface area (Å²) in [5, 5.41) is 25.4. The molecule has 2 amide bonds. The van der Waals surface area contributed by atoms with Gasteiger partial charge in [0, 0.05) is 32.1 Å². The van der Waals surface area contributed by atoms with Gasteiger partial charge in [-0.2, -0.15) is 0 Å². The number of anilines is 1. The lowest BCUT2D eigenvalue weighted by atomic mass is 9.94. The van der Waals surface area contributed by atoms with Crippen molar-refractivity contribution in [2.24, 2.45) is 5.92 Å². The predicted molar refractivity (Wildman–Crippen MR) is 142 cm³/mol. The highest BCUT2D eigenvalue weighted by Gasteiger charge is 2.32. The Labute approximate surface area is 231 Å². The number of hydrogen-bond acceptors (Lipinski definition) is 11. The van der Waals surface area contributed by atoms with Crippen molar-refractivity contribution in [1.29, 1.82) is 0 Å². The molecule has 0 radical (unpaired) electrons. The Bertz CT molecular complexity index is 1260. The Balaban J connectivity index is 1.16. The second-order valence-corrected chi connectivity index (χ2v) is 10.5. The van der Waals surface area contributed by atoms with Crippen LogP contribution in [0.25, 0.3) is 11.2 Å². The smallest absolute Gasteiger partial charge is 0.410 e. The summed E-state index contributed by atoms with van der Waals surface area (Å²) in [6.45, 7) is 2.11. The van der Waals surface area contributed by atoms with Crippen molar-refractivity contribution < 1.29 is 29.3 Å². The molecule has 14 nitrogen and oxygen atoms in total. The molecule has 6 N–H and O–H groups in total. The molecule has 2 aliphatic heterocycles. The van der Waals surface area contributed by atoms with Gasteiger partial charge in [0.1, 0.15) is 24.5 Å². The number of rotatable bonds is 9. The van der Waals surface area contributed by atoms with Crippen LogP contribution < -0.4 is 16.4 Å². The van der Waals surface area contributed by atoms with Crippen LogP contribution in [0, 0.1) is 17.8 Å². The van der Waals surface area contributed by atoms with Crippen molar-refractivity contribution in [1.82, 2.24) is 35.1 Å². The number of nitrogens with two attached hydrogens (primary N) is 1. The first-order valence-corrected chi connectivity index (χ1v) is 13.8. The van der Waals surface area contributed by atoms with E-state index in [0.29, 0.717) is 36.6 Å². The molecule has 4 heterocycles. The first kappa shape index (κ1) is 28.0. The molecular formula is C26H36N8O6. The van der Waals surface area contributed by atoms with Crippen LogP contribution >= 0.6 is 0 Å². The molecular weight excluding hydrogens is 520 g/mol. The maximum Gasteiger partial charge on any atom is 0.410 e. The second kappa shape index (κ2) is 12.8. The molecule has 0 aromatic carbocycles. The summed E-state index contributed by atoms with van der Waals surface area (Å²) in [5.41, 5.74) is 6.84. The Hall–Kier alpha value is -3.51. The summed E-state index contributed by atoms with van der Waals surface area (Å²) < 4.78 is 12.8. The molecule has 3 aliphatic rings. The Kier molecular flexibility index (Phi) is 8.95. The Morgan fingerprint density at radius 3 is 2.73 bits per heavy atom. The van der Waals surface area contributed by atoms with Crippen molar-refractivity contribution in [2.45, 2.75) is 69.6 Å². The molecule has 3 fully saturated rings. The number of nitrogen functional groups attached to an aromatic ring is 1. The first-order valence-electron chi connectivity index (χ1n) is 13.8. The van der Waals surface area contributed by atoms with Crippen LogP contribution in [0.4, 0.5) is 10.6 Å². The number of likely N-dealkylation sites (tertiary alicyclic amines) is 1. The molecule has 0 spiro atoms. The van der Waals surface area contributed by atoms with Crippen molar-refractivity contribution in [3.05, 3.63) is 12.2 Å². The molecule has 5 rings (SSSR count). The number of fused-ring (bicyclic) bond motifs is 1. The standard InChI is InChI=1S/C26H36N8O6/c27-23-21-24(34(14-29-21)15-39-22(19(36)13-35)25(37)30-17-4-5-17)32-20(31-23)3-1-2-16-7-10-33(11-8-16)26(38)40-18-6-9-28-12-18/h14,16-19,22,28,35-36H,2,4-13,15H2,(H,30,37)(H2,27,31,32)/t18?,19?,22-/m0/s1. The molecule has 40 heavy (non-hydrogen) atoms. The predicted octanol–water partition coefficient (Wildman–Crippen LogP) is -0.665. The van der Waals surface area contributed by atoms with Gasteiger partial charge in [-0.25, -0.2) is 19.7 Å². The minimum atomic E-state index is -1.38. The molecule has 2 aromatic heterocycles. The summed E-state index contributed by atoms with van der Waals surface area (Å²) in [5.74, 6) is 6.38. The highest BCUT2D eigenvalue weighted by atomic mass is 16.6. The number of aliphatic hydroxyl groups excluding tert-OH is 2. The zero-order valence-corrected chi connectivity index (χ0v) is 22.3. The molecule has 14 heteroatoms. The lowest BCUT2D eigenvalue weighted by Crippen LogP contribution is -2.46. The number of hydrogen-bond donors (Lipinski definition) is 5. The largest absolute Gasteiger partial charge is 0.445 e. The van der Waals surface area contributed by atoms with Gasteiger partial charge < -0.3 is 41.0 Å². The molecule has 0 bridgehead atoms. The van der Waals surface area contributed by atoms with Crippen molar-refractivity contribution in [2.75, 3.05) is 38.5 Å². The van der Waals surface area contributed by atoms with Gasteiger partial charge in [-0.05, 0) is 50.5 Å². The zero-order chi connectivity index (χ0) is 28.1. The van der Waals surface area contributed by atoms with Crippen molar-refractivity contribution in [3.8, 4) is 11.8 Å². The van der Waals surface area contributed by atoms with Gasteiger partial charge in [-0.15, -0.1) is 0 Å². The van der Waals surface area contributed by atoms with Gasteiger partial charge in [-0.1, -0.05) is 5.92 Å². The maximum atomic E-state index is 12.5. The SMILES string of the molecule is Nc1nc(C#CCC2CCN(C(=O)OC3CCNC3)CC2)nc2c1ncn2CO[C@H](C(=O)NC1CC1)C(O)CO. The normalized spacial score (nSPS) is 21.1. The third kappa shape index (κ3) is 6.97. The second-order valence-electron chi connectivity index (χ2n) is 10.5. The van der Waals surface area contributed by atoms with Crippen molar-refractivity contribution in [3.63, 3.8) is 0 Å². The number of nitrogens with zero attached hydrogens (tertiary/aromatic N) is 5. The van der Waals surface area contributed by atoms with Gasteiger partial charge in [0.15, 0.2) is 17.6 Å².